The third kappa shape index (κ3) is 4.34. The number of carboxylic acids is 1. The zero-order chi connectivity index (χ0) is 9.56. The molecular formula is C9H18O3. The Balaban J connectivity index is 3.74. The molecular weight excluding hydrogens is 156 g/mol. The smallest absolute Gasteiger partial charge is 0.303 e. The maximum absolute atomic E-state index is 10.3. The van der Waals surface area contributed by atoms with Crippen LogP contribution in [0.3, 0.4) is 0 Å². The molecule has 0 saturated heterocycles. The molecule has 12 heavy (non-hydrogen) atoms. The fourth-order valence-electron chi connectivity index (χ4n) is 1.27. The number of carboxylic acid groups (broad SMARTS) is 1. The normalized spacial score (nSPS) is 15.6. The van der Waals surface area contributed by atoms with Crippen LogP contribution < -0.4 is 0 Å². The first-order chi connectivity index (χ1) is 5.61. The van der Waals surface area contributed by atoms with Gasteiger partial charge in [-0.05, 0) is 19.3 Å². The van der Waals surface area contributed by atoms with Crippen LogP contribution in [0.2, 0.25) is 0 Å². The van der Waals surface area contributed by atoms with Gasteiger partial charge in [-0.25, -0.2) is 0 Å². The summed E-state index contributed by atoms with van der Waals surface area (Å²) in [6.45, 7) is 4.04. The average Bonchev–Trinajstić information content (AvgIpc) is 2.04. The third-order valence-electron chi connectivity index (χ3n) is 2.29. The van der Waals surface area contributed by atoms with Crippen LogP contribution in [-0.4, -0.2) is 24.3 Å². The van der Waals surface area contributed by atoms with Gasteiger partial charge in [-0.2, -0.15) is 0 Å². The lowest BCUT2D eigenvalue weighted by molar-refractivity contribution is -0.137. The van der Waals surface area contributed by atoms with Crippen LogP contribution in [0, 0.1) is 5.92 Å². The largest absolute Gasteiger partial charge is 0.481 e. The van der Waals surface area contributed by atoms with Crippen LogP contribution in [0.25, 0.3) is 0 Å². The van der Waals surface area contributed by atoms with Crippen LogP contribution in [0.4, 0.5) is 0 Å². The first-order valence-electron chi connectivity index (χ1n) is 4.36. The first-order valence-corrected chi connectivity index (χ1v) is 4.36. The molecule has 0 radical (unpaired) electrons. The predicted molar refractivity (Wildman–Crippen MR) is 47.1 cm³/mol. The quantitative estimate of drug-likeness (QED) is 0.669. The molecule has 72 valence electrons. The number of rotatable bonds is 6. The van der Waals surface area contributed by atoms with Crippen molar-refractivity contribution >= 4 is 5.97 Å². The molecule has 0 heterocycles. The summed E-state index contributed by atoms with van der Waals surface area (Å²) >= 11 is 0. The van der Waals surface area contributed by atoms with Gasteiger partial charge in [0.25, 0.3) is 0 Å². The molecule has 0 aromatic carbocycles. The van der Waals surface area contributed by atoms with Crippen LogP contribution in [-0.2, 0) is 9.53 Å². The van der Waals surface area contributed by atoms with Gasteiger partial charge in [0, 0.05) is 13.5 Å². The van der Waals surface area contributed by atoms with E-state index in [-0.39, 0.29) is 12.5 Å². The minimum absolute atomic E-state index is 0.161. The molecule has 0 rings (SSSR count). The predicted octanol–water partition coefficient (Wildman–Crippen LogP) is 1.91. The lowest BCUT2D eigenvalue weighted by Gasteiger charge is -2.20. The Bertz CT molecular complexity index is 134. The number of carbonyl (C=O) groups is 1. The van der Waals surface area contributed by atoms with Crippen molar-refractivity contribution < 1.29 is 14.6 Å². The van der Waals surface area contributed by atoms with Gasteiger partial charge in [-0.15, -0.1) is 0 Å². The molecule has 0 amide bonds. The Hall–Kier alpha value is -0.570. The molecule has 0 fully saturated rings. The van der Waals surface area contributed by atoms with Gasteiger partial charge in [-0.1, -0.05) is 13.3 Å². The summed E-state index contributed by atoms with van der Waals surface area (Å²) in [4.78, 5) is 10.3. The maximum atomic E-state index is 10.3. The van der Waals surface area contributed by atoms with Gasteiger partial charge in [0.15, 0.2) is 0 Å². The van der Waals surface area contributed by atoms with E-state index >= 15 is 0 Å². The molecule has 2 atom stereocenters. The fraction of sp³-hybridized carbons (Fsp3) is 0.889. The van der Waals surface area contributed by atoms with Gasteiger partial charge < -0.3 is 9.84 Å². The van der Waals surface area contributed by atoms with Crippen LogP contribution >= 0.6 is 0 Å². The van der Waals surface area contributed by atoms with E-state index in [1.807, 2.05) is 6.92 Å². The summed E-state index contributed by atoms with van der Waals surface area (Å²) in [5.41, 5.74) is 0. The standard InChI is InChI=1S/C9H18O3/c1-4-8(7(2)12-3)5-6-9(10)11/h7-8H,4-6H2,1-3H3,(H,10,11). The van der Waals surface area contributed by atoms with Crippen LogP contribution in [0.15, 0.2) is 0 Å². The molecule has 1 N–H and O–H groups in total. The van der Waals surface area contributed by atoms with E-state index in [2.05, 4.69) is 6.92 Å². The number of aliphatic carboxylic acids is 1. The topological polar surface area (TPSA) is 46.5 Å². The Morgan fingerprint density at radius 3 is 2.50 bits per heavy atom. The molecule has 0 aromatic heterocycles. The van der Waals surface area contributed by atoms with Gasteiger partial charge in [0.1, 0.15) is 0 Å². The van der Waals surface area contributed by atoms with Crippen molar-refractivity contribution in [3.05, 3.63) is 0 Å². The highest BCUT2D eigenvalue weighted by Gasteiger charge is 2.15. The number of hydrogen-bond acceptors (Lipinski definition) is 2. The molecule has 3 nitrogen and oxygen atoms in total. The van der Waals surface area contributed by atoms with Gasteiger partial charge in [0.05, 0.1) is 6.10 Å². The summed E-state index contributed by atoms with van der Waals surface area (Å²) in [5, 5.41) is 8.47. The minimum atomic E-state index is -0.725. The fourth-order valence-corrected chi connectivity index (χ4v) is 1.27. The van der Waals surface area contributed by atoms with Crippen molar-refractivity contribution in [2.75, 3.05) is 7.11 Å². The zero-order valence-corrected chi connectivity index (χ0v) is 8.04. The summed E-state index contributed by atoms with van der Waals surface area (Å²) in [5.74, 6) is -0.358. The molecule has 0 aliphatic carbocycles. The number of hydrogen-bond donors (Lipinski definition) is 1. The van der Waals surface area contributed by atoms with E-state index in [0.29, 0.717) is 12.3 Å². The molecule has 0 aliphatic heterocycles. The van der Waals surface area contributed by atoms with Crippen molar-refractivity contribution in [2.45, 2.75) is 39.2 Å². The summed E-state index contributed by atoms with van der Waals surface area (Å²) in [7, 11) is 1.66. The lowest BCUT2D eigenvalue weighted by Crippen LogP contribution is -2.19. The molecule has 0 aliphatic rings. The first kappa shape index (κ1) is 11.4. The molecule has 3 heteroatoms. The van der Waals surface area contributed by atoms with Gasteiger partial charge in [0.2, 0.25) is 0 Å². The average molecular weight is 174 g/mol. The zero-order valence-electron chi connectivity index (χ0n) is 8.04. The van der Waals surface area contributed by atoms with E-state index in [4.69, 9.17) is 9.84 Å². The number of methoxy groups -OCH3 is 1. The van der Waals surface area contributed by atoms with E-state index in [1.54, 1.807) is 7.11 Å². The second-order valence-corrected chi connectivity index (χ2v) is 3.04. The minimum Gasteiger partial charge on any atom is -0.481 e. The van der Waals surface area contributed by atoms with Crippen molar-refractivity contribution in [1.82, 2.24) is 0 Å². The van der Waals surface area contributed by atoms with E-state index < -0.39 is 5.97 Å². The lowest BCUT2D eigenvalue weighted by atomic mass is 9.95. The molecule has 2 unspecified atom stereocenters. The van der Waals surface area contributed by atoms with Crippen molar-refractivity contribution in [2.24, 2.45) is 5.92 Å². The monoisotopic (exact) mass is 174 g/mol. The Morgan fingerprint density at radius 2 is 2.17 bits per heavy atom. The van der Waals surface area contributed by atoms with E-state index in [9.17, 15) is 4.79 Å². The second kappa shape index (κ2) is 6.00. The van der Waals surface area contributed by atoms with Gasteiger partial charge >= 0.3 is 5.97 Å². The van der Waals surface area contributed by atoms with E-state index in [1.165, 1.54) is 0 Å². The summed E-state index contributed by atoms with van der Waals surface area (Å²) in [6, 6.07) is 0. The highest BCUT2D eigenvalue weighted by atomic mass is 16.5. The Morgan fingerprint density at radius 1 is 1.58 bits per heavy atom. The molecule has 0 saturated carbocycles. The summed E-state index contributed by atoms with van der Waals surface area (Å²) in [6.07, 6.45) is 2.09. The Kier molecular flexibility index (Phi) is 5.72. The van der Waals surface area contributed by atoms with Crippen molar-refractivity contribution in [3.8, 4) is 0 Å². The van der Waals surface area contributed by atoms with Crippen molar-refractivity contribution in [3.63, 3.8) is 0 Å². The maximum Gasteiger partial charge on any atom is 0.303 e. The Labute approximate surface area is 73.7 Å². The third-order valence-corrected chi connectivity index (χ3v) is 2.29. The SMILES string of the molecule is CCC(CCC(=O)O)C(C)OC. The second-order valence-electron chi connectivity index (χ2n) is 3.04. The van der Waals surface area contributed by atoms with Crippen LogP contribution in [0.1, 0.15) is 33.1 Å². The molecule has 0 bridgehead atoms. The number of ether oxygens (including phenoxy) is 1. The summed E-state index contributed by atoms with van der Waals surface area (Å²) < 4.78 is 5.14. The highest BCUT2D eigenvalue weighted by Crippen LogP contribution is 2.17. The van der Waals surface area contributed by atoms with Crippen molar-refractivity contribution in [1.29, 1.82) is 0 Å². The van der Waals surface area contributed by atoms with Crippen LogP contribution in [0.5, 0.6) is 0 Å². The molecule has 0 aromatic rings. The highest BCUT2D eigenvalue weighted by molar-refractivity contribution is 5.66. The van der Waals surface area contributed by atoms with Gasteiger partial charge in [-0.3, -0.25) is 4.79 Å². The van der Waals surface area contributed by atoms with E-state index in [0.717, 1.165) is 6.42 Å². The molecule has 0 spiro atoms.